The molecule has 0 spiro atoms. The van der Waals surface area contributed by atoms with E-state index in [0.717, 1.165) is 11.5 Å². The Hall–Kier alpha value is -0.993. The summed E-state index contributed by atoms with van der Waals surface area (Å²) < 4.78 is 0. The average molecular weight is 315 g/mol. The summed E-state index contributed by atoms with van der Waals surface area (Å²) in [5.74, 6) is 2.19. The van der Waals surface area contributed by atoms with Crippen molar-refractivity contribution in [2.24, 2.45) is 0 Å². The molecular weight excluding hydrogens is 288 g/mol. The molecule has 0 aliphatic carbocycles. The molecule has 0 aliphatic heterocycles. The molecule has 0 saturated heterocycles. The van der Waals surface area contributed by atoms with Crippen molar-refractivity contribution in [3.8, 4) is 0 Å². The van der Waals surface area contributed by atoms with Gasteiger partial charge in [-0.3, -0.25) is 0 Å². The number of rotatable bonds is 5. The highest BCUT2D eigenvalue weighted by Crippen LogP contribution is 2.19. The zero-order chi connectivity index (χ0) is 15.5. The minimum Gasteiger partial charge on any atom is -0.152 e. The van der Waals surface area contributed by atoms with E-state index < -0.39 is 8.07 Å². The van der Waals surface area contributed by atoms with Crippen LogP contribution in [-0.4, -0.2) is 8.07 Å². The predicted octanol–water partition coefficient (Wildman–Crippen LogP) is 5.28. The maximum absolute atomic E-state index is 2.40. The van der Waals surface area contributed by atoms with Gasteiger partial charge in [-0.2, -0.15) is 11.8 Å². The zero-order valence-electron chi connectivity index (χ0n) is 13.9. The molecular formula is C19H26SSi. The standard InChI is InChI=1S/C19H26SSi/c1-15-10-16(2)12-18(11-15)14-20-13-17-6-8-19(9-7-17)21(3,4)5/h6-12H,13-14H2,1-5H3. The van der Waals surface area contributed by atoms with E-state index in [4.69, 9.17) is 0 Å². The SMILES string of the molecule is Cc1cc(C)cc(CSCc2ccc([Si](C)(C)C)cc2)c1. The van der Waals surface area contributed by atoms with Crippen LogP contribution in [0, 0.1) is 13.8 Å². The third-order valence-corrected chi connectivity index (χ3v) is 6.78. The minimum absolute atomic E-state index is 1.10. The molecule has 0 radical (unpaired) electrons. The molecule has 0 fully saturated rings. The van der Waals surface area contributed by atoms with Gasteiger partial charge in [-0.05, 0) is 25.0 Å². The largest absolute Gasteiger partial charge is 0.152 e. The lowest BCUT2D eigenvalue weighted by atomic mass is 10.1. The predicted molar refractivity (Wildman–Crippen MR) is 100 cm³/mol. The molecule has 2 rings (SSSR count). The van der Waals surface area contributed by atoms with Crippen LogP contribution in [-0.2, 0) is 11.5 Å². The molecule has 0 unspecified atom stereocenters. The Labute approximate surface area is 135 Å². The summed E-state index contributed by atoms with van der Waals surface area (Å²) >= 11 is 2.00. The Balaban J connectivity index is 1.91. The summed E-state index contributed by atoms with van der Waals surface area (Å²) in [6.07, 6.45) is 0. The summed E-state index contributed by atoms with van der Waals surface area (Å²) in [7, 11) is -1.16. The quantitative estimate of drug-likeness (QED) is 0.676. The third kappa shape index (κ3) is 5.05. The number of benzene rings is 2. The second kappa shape index (κ2) is 6.84. The van der Waals surface area contributed by atoms with Gasteiger partial charge in [-0.15, -0.1) is 0 Å². The second-order valence-corrected chi connectivity index (χ2v) is 13.0. The fraction of sp³-hybridized carbons (Fsp3) is 0.368. The normalized spacial score (nSPS) is 11.7. The van der Waals surface area contributed by atoms with Crippen LogP contribution in [0.4, 0.5) is 0 Å². The lowest BCUT2D eigenvalue weighted by molar-refractivity contribution is 1.29. The van der Waals surface area contributed by atoms with E-state index in [-0.39, 0.29) is 0 Å². The first-order chi connectivity index (χ1) is 9.84. The molecule has 0 nitrogen and oxygen atoms in total. The van der Waals surface area contributed by atoms with E-state index in [1.54, 1.807) is 5.19 Å². The van der Waals surface area contributed by atoms with E-state index in [2.05, 4.69) is 76.0 Å². The zero-order valence-corrected chi connectivity index (χ0v) is 15.7. The molecule has 0 bridgehead atoms. The van der Waals surface area contributed by atoms with Gasteiger partial charge in [0.1, 0.15) is 0 Å². The topological polar surface area (TPSA) is 0 Å². The van der Waals surface area contributed by atoms with Crippen molar-refractivity contribution in [1.82, 2.24) is 0 Å². The molecule has 0 heterocycles. The van der Waals surface area contributed by atoms with Gasteiger partial charge in [-0.25, -0.2) is 0 Å². The lowest BCUT2D eigenvalue weighted by Gasteiger charge is -2.16. The van der Waals surface area contributed by atoms with Crippen molar-refractivity contribution >= 4 is 25.0 Å². The molecule has 0 amide bonds. The highest BCUT2D eigenvalue weighted by Gasteiger charge is 2.15. The highest BCUT2D eigenvalue weighted by atomic mass is 32.2. The van der Waals surface area contributed by atoms with Crippen molar-refractivity contribution in [3.63, 3.8) is 0 Å². The molecule has 2 aromatic rings. The van der Waals surface area contributed by atoms with E-state index >= 15 is 0 Å². The van der Waals surface area contributed by atoms with Crippen LogP contribution in [0.1, 0.15) is 22.3 Å². The van der Waals surface area contributed by atoms with Crippen LogP contribution < -0.4 is 5.19 Å². The molecule has 0 N–H and O–H groups in total. The van der Waals surface area contributed by atoms with Gasteiger partial charge < -0.3 is 0 Å². The van der Waals surface area contributed by atoms with Gasteiger partial charge in [0.15, 0.2) is 0 Å². The molecule has 2 heteroatoms. The van der Waals surface area contributed by atoms with Gasteiger partial charge in [0.2, 0.25) is 0 Å². The summed E-state index contributed by atoms with van der Waals surface area (Å²) in [6.45, 7) is 11.6. The fourth-order valence-electron chi connectivity index (χ4n) is 2.54. The van der Waals surface area contributed by atoms with Gasteiger partial charge in [-0.1, -0.05) is 78.4 Å². The Kier molecular flexibility index (Phi) is 5.34. The van der Waals surface area contributed by atoms with Crippen LogP contribution in [0.5, 0.6) is 0 Å². The number of hydrogen-bond acceptors (Lipinski definition) is 1. The van der Waals surface area contributed by atoms with Gasteiger partial charge in [0.05, 0.1) is 8.07 Å². The number of hydrogen-bond donors (Lipinski definition) is 0. The summed E-state index contributed by atoms with van der Waals surface area (Å²) in [5, 5.41) is 1.55. The monoisotopic (exact) mass is 314 g/mol. The van der Waals surface area contributed by atoms with Crippen molar-refractivity contribution < 1.29 is 0 Å². The Morgan fingerprint density at radius 1 is 0.762 bits per heavy atom. The van der Waals surface area contributed by atoms with Crippen LogP contribution in [0.25, 0.3) is 0 Å². The van der Waals surface area contributed by atoms with Crippen molar-refractivity contribution in [2.45, 2.75) is 45.0 Å². The molecule has 0 saturated carbocycles. The average Bonchev–Trinajstić information content (AvgIpc) is 2.37. The minimum atomic E-state index is -1.16. The van der Waals surface area contributed by atoms with Crippen LogP contribution in [0.3, 0.4) is 0 Å². The smallest absolute Gasteiger partial charge is 0.0775 e. The van der Waals surface area contributed by atoms with Crippen molar-refractivity contribution in [3.05, 3.63) is 64.7 Å². The molecule has 0 atom stereocenters. The first kappa shape index (κ1) is 16.4. The van der Waals surface area contributed by atoms with Gasteiger partial charge >= 0.3 is 0 Å². The van der Waals surface area contributed by atoms with Crippen LogP contribution in [0.15, 0.2) is 42.5 Å². The Morgan fingerprint density at radius 2 is 1.29 bits per heavy atom. The van der Waals surface area contributed by atoms with E-state index in [9.17, 15) is 0 Å². The van der Waals surface area contributed by atoms with Crippen LogP contribution in [0.2, 0.25) is 19.6 Å². The maximum atomic E-state index is 2.40. The molecule has 21 heavy (non-hydrogen) atoms. The van der Waals surface area contributed by atoms with E-state index in [1.807, 2.05) is 11.8 Å². The first-order valence-corrected chi connectivity index (χ1v) is 12.2. The lowest BCUT2D eigenvalue weighted by Crippen LogP contribution is -2.37. The molecule has 0 aliphatic rings. The molecule has 0 aromatic heterocycles. The van der Waals surface area contributed by atoms with Crippen LogP contribution >= 0.6 is 11.8 Å². The van der Waals surface area contributed by atoms with E-state index in [1.165, 1.54) is 22.3 Å². The molecule has 2 aromatic carbocycles. The summed E-state index contributed by atoms with van der Waals surface area (Å²) in [5.41, 5.74) is 5.61. The molecule has 112 valence electrons. The number of thioether (sulfide) groups is 1. The van der Waals surface area contributed by atoms with E-state index in [0.29, 0.717) is 0 Å². The third-order valence-electron chi connectivity index (χ3n) is 3.64. The van der Waals surface area contributed by atoms with Crippen molar-refractivity contribution in [1.29, 1.82) is 0 Å². The summed E-state index contributed by atoms with van der Waals surface area (Å²) in [4.78, 5) is 0. The Bertz CT molecular complexity index is 574. The highest BCUT2D eigenvalue weighted by molar-refractivity contribution is 7.97. The van der Waals surface area contributed by atoms with Gasteiger partial charge in [0.25, 0.3) is 0 Å². The first-order valence-electron chi connectivity index (χ1n) is 7.59. The fourth-order valence-corrected chi connectivity index (χ4v) is 4.64. The van der Waals surface area contributed by atoms with Gasteiger partial charge in [0, 0.05) is 11.5 Å². The number of aryl methyl sites for hydroxylation is 2. The summed E-state index contributed by atoms with van der Waals surface area (Å²) in [6, 6.07) is 16.1. The maximum Gasteiger partial charge on any atom is 0.0775 e. The second-order valence-electron chi connectivity index (χ2n) is 6.94. The van der Waals surface area contributed by atoms with Crippen molar-refractivity contribution in [2.75, 3.05) is 0 Å². The Morgan fingerprint density at radius 3 is 1.81 bits per heavy atom.